The average molecular weight is 241 g/mol. The number of aliphatic hydroxyl groups is 1. The molecule has 2 heterocycles. The van der Waals surface area contributed by atoms with E-state index in [-0.39, 0.29) is 0 Å². The normalized spacial score (nSPS) is 12.7. The van der Waals surface area contributed by atoms with Gasteiger partial charge in [0.1, 0.15) is 15.4 Å². The molecule has 0 aliphatic carbocycles. The summed E-state index contributed by atoms with van der Waals surface area (Å²) in [6.45, 7) is 1.90. The average Bonchev–Trinajstić information content (AvgIpc) is 2.65. The lowest BCUT2D eigenvalue weighted by Gasteiger charge is -2.06. The van der Waals surface area contributed by atoms with Gasteiger partial charge in [-0.3, -0.25) is 4.98 Å². The third-order valence-electron chi connectivity index (χ3n) is 1.98. The lowest BCUT2D eigenvalue weighted by molar-refractivity contribution is 0.219. The van der Waals surface area contributed by atoms with Crippen LogP contribution in [0.1, 0.15) is 22.4 Å². The molecule has 5 heteroatoms. The van der Waals surface area contributed by atoms with E-state index in [0.717, 1.165) is 11.3 Å². The highest BCUT2D eigenvalue weighted by Gasteiger charge is 2.14. The number of rotatable bonds is 2. The van der Waals surface area contributed by atoms with Crippen LogP contribution in [0.2, 0.25) is 4.34 Å². The summed E-state index contributed by atoms with van der Waals surface area (Å²) in [7, 11) is 0. The maximum atomic E-state index is 9.95. The maximum absolute atomic E-state index is 9.95. The van der Waals surface area contributed by atoms with Crippen LogP contribution in [0.25, 0.3) is 0 Å². The van der Waals surface area contributed by atoms with Gasteiger partial charge in [0.15, 0.2) is 0 Å². The van der Waals surface area contributed by atoms with Crippen molar-refractivity contribution in [3.05, 3.63) is 45.1 Å². The number of nitrogens with zero attached hydrogens (tertiary/aromatic N) is 2. The summed E-state index contributed by atoms with van der Waals surface area (Å²) < 4.78 is 0.573. The zero-order chi connectivity index (χ0) is 10.8. The first-order valence-corrected chi connectivity index (χ1v) is 5.58. The molecule has 78 valence electrons. The van der Waals surface area contributed by atoms with Crippen LogP contribution in [-0.2, 0) is 0 Å². The lowest BCUT2D eigenvalue weighted by Crippen LogP contribution is -1.99. The molecule has 2 aromatic rings. The first kappa shape index (κ1) is 10.5. The molecule has 0 aliphatic heterocycles. The van der Waals surface area contributed by atoms with Crippen LogP contribution in [0.3, 0.4) is 0 Å². The van der Waals surface area contributed by atoms with Crippen molar-refractivity contribution in [1.29, 1.82) is 0 Å². The number of pyridine rings is 1. The topological polar surface area (TPSA) is 46.0 Å². The second-order valence-electron chi connectivity index (χ2n) is 3.14. The van der Waals surface area contributed by atoms with E-state index in [2.05, 4.69) is 9.97 Å². The zero-order valence-electron chi connectivity index (χ0n) is 8.01. The standard InChI is InChI=1S/C10H9ClN2OS/c1-6-2-3-7(4-12-6)9(14)10-13-5-8(11)15-10/h2-5,9,14H,1H3. The first-order chi connectivity index (χ1) is 7.16. The smallest absolute Gasteiger partial charge is 0.132 e. The summed E-state index contributed by atoms with van der Waals surface area (Å²) in [6.07, 6.45) is 2.44. The Morgan fingerprint density at radius 3 is 2.67 bits per heavy atom. The van der Waals surface area contributed by atoms with Crippen molar-refractivity contribution in [3.63, 3.8) is 0 Å². The third-order valence-corrected chi connectivity index (χ3v) is 3.15. The minimum absolute atomic E-state index is 0.573. The number of thiazole rings is 1. The van der Waals surface area contributed by atoms with Gasteiger partial charge in [0.2, 0.25) is 0 Å². The summed E-state index contributed by atoms with van der Waals surface area (Å²) in [4.78, 5) is 8.14. The highest BCUT2D eigenvalue weighted by atomic mass is 35.5. The fourth-order valence-electron chi connectivity index (χ4n) is 1.18. The van der Waals surface area contributed by atoms with Crippen LogP contribution in [0.4, 0.5) is 0 Å². The molecule has 1 atom stereocenters. The van der Waals surface area contributed by atoms with Gasteiger partial charge in [0.25, 0.3) is 0 Å². The van der Waals surface area contributed by atoms with Crippen molar-refractivity contribution in [2.45, 2.75) is 13.0 Å². The van der Waals surface area contributed by atoms with E-state index in [0.29, 0.717) is 9.34 Å². The van der Waals surface area contributed by atoms with Gasteiger partial charge in [-0.25, -0.2) is 4.98 Å². The van der Waals surface area contributed by atoms with Crippen LogP contribution < -0.4 is 0 Å². The summed E-state index contributed by atoms with van der Waals surface area (Å²) in [5.74, 6) is 0. The van der Waals surface area contributed by atoms with Crippen LogP contribution >= 0.6 is 22.9 Å². The summed E-state index contributed by atoms with van der Waals surface area (Å²) >= 11 is 7.02. The van der Waals surface area contributed by atoms with Gasteiger partial charge >= 0.3 is 0 Å². The van der Waals surface area contributed by atoms with E-state index in [1.165, 1.54) is 17.5 Å². The Morgan fingerprint density at radius 2 is 2.13 bits per heavy atom. The van der Waals surface area contributed by atoms with Gasteiger partial charge < -0.3 is 5.11 Å². The molecular weight excluding hydrogens is 232 g/mol. The molecule has 0 amide bonds. The zero-order valence-corrected chi connectivity index (χ0v) is 9.59. The number of aryl methyl sites for hydroxylation is 1. The van der Waals surface area contributed by atoms with Gasteiger partial charge in [-0.1, -0.05) is 17.7 Å². The van der Waals surface area contributed by atoms with Crippen LogP contribution in [-0.4, -0.2) is 15.1 Å². The Morgan fingerprint density at radius 1 is 1.33 bits per heavy atom. The molecule has 0 fully saturated rings. The Labute approximate surface area is 96.4 Å². The third kappa shape index (κ3) is 2.34. The van der Waals surface area contributed by atoms with Crippen molar-refractivity contribution in [2.75, 3.05) is 0 Å². The van der Waals surface area contributed by atoms with Crippen LogP contribution in [0.15, 0.2) is 24.5 Å². The number of halogens is 1. The van der Waals surface area contributed by atoms with E-state index in [1.54, 1.807) is 6.20 Å². The minimum atomic E-state index is -0.740. The molecule has 0 radical (unpaired) electrons. The highest BCUT2D eigenvalue weighted by Crippen LogP contribution is 2.27. The Balaban J connectivity index is 2.28. The first-order valence-electron chi connectivity index (χ1n) is 4.38. The molecule has 0 bridgehead atoms. The van der Waals surface area contributed by atoms with E-state index in [4.69, 9.17) is 11.6 Å². The number of aromatic nitrogens is 2. The van der Waals surface area contributed by atoms with E-state index >= 15 is 0 Å². The number of hydrogen-bond acceptors (Lipinski definition) is 4. The fourth-order valence-corrected chi connectivity index (χ4v) is 2.12. The van der Waals surface area contributed by atoms with Crippen molar-refractivity contribution in [3.8, 4) is 0 Å². The SMILES string of the molecule is Cc1ccc(C(O)c2ncc(Cl)s2)cn1. The molecule has 0 aliphatic rings. The molecule has 3 nitrogen and oxygen atoms in total. The van der Waals surface area contributed by atoms with Crippen LogP contribution in [0, 0.1) is 6.92 Å². The van der Waals surface area contributed by atoms with E-state index in [9.17, 15) is 5.11 Å². The van der Waals surface area contributed by atoms with Gasteiger partial charge in [-0.2, -0.15) is 0 Å². The molecule has 0 saturated heterocycles. The minimum Gasteiger partial charge on any atom is -0.381 e. The molecular formula is C10H9ClN2OS. The molecule has 0 saturated carbocycles. The van der Waals surface area contributed by atoms with Crippen LogP contribution in [0.5, 0.6) is 0 Å². The van der Waals surface area contributed by atoms with Gasteiger partial charge in [-0.15, -0.1) is 11.3 Å². The Hall–Kier alpha value is -0.970. The van der Waals surface area contributed by atoms with Gasteiger partial charge in [-0.05, 0) is 13.0 Å². The van der Waals surface area contributed by atoms with E-state index in [1.807, 2.05) is 19.1 Å². The second-order valence-corrected chi connectivity index (χ2v) is 4.83. The molecule has 2 rings (SSSR count). The highest BCUT2D eigenvalue weighted by molar-refractivity contribution is 7.15. The monoisotopic (exact) mass is 240 g/mol. The predicted molar refractivity (Wildman–Crippen MR) is 60.2 cm³/mol. The van der Waals surface area contributed by atoms with E-state index < -0.39 is 6.10 Å². The van der Waals surface area contributed by atoms with Crippen molar-refractivity contribution < 1.29 is 5.11 Å². The predicted octanol–water partition coefficient (Wildman–Crippen LogP) is 2.58. The Bertz CT molecular complexity index is 455. The largest absolute Gasteiger partial charge is 0.381 e. The summed E-state index contributed by atoms with van der Waals surface area (Å²) in [6, 6.07) is 3.69. The fraction of sp³-hybridized carbons (Fsp3) is 0.200. The number of hydrogen-bond donors (Lipinski definition) is 1. The number of aliphatic hydroxyl groups excluding tert-OH is 1. The lowest BCUT2D eigenvalue weighted by atomic mass is 10.1. The van der Waals surface area contributed by atoms with Gasteiger partial charge in [0, 0.05) is 17.5 Å². The summed E-state index contributed by atoms with van der Waals surface area (Å²) in [5, 5.41) is 10.5. The van der Waals surface area contributed by atoms with Gasteiger partial charge in [0.05, 0.1) is 6.20 Å². The maximum Gasteiger partial charge on any atom is 0.132 e. The summed E-state index contributed by atoms with van der Waals surface area (Å²) in [5.41, 5.74) is 1.65. The molecule has 2 aromatic heterocycles. The van der Waals surface area contributed by atoms with Crippen molar-refractivity contribution in [2.24, 2.45) is 0 Å². The molecule has 1 N–H and O–H groups in total. The molecule has 0 spiro atoms. The molecule has 1 unspecified atom stereocenters. The van der Waals surface area contributed by atoms with Crippen molar-refractivity contribution >= 4 is 22.9 Å². The second kappa shape index (κ2) is 4.26. The van der Waals surface area contributed by atoms with Crippen molar-refractivity contribution in [1.82, 2.24) is 9.97 Å². The quantitative estimate of drug-likeness (QED) is 0.878. The molecule has 0 aromatic carbocycles. The molecule has 15 heavy (non-hydrogen) atoms. The Kier molecular flexibility index (Phi) is 3.00.